The Bertz CT molecular complexity index is 1990. The quantitative estimate of drug-likeness (QED) is 0.0195. The maximum absolute atomic E-state index is 12.9. The Labute approximate surface area is 481 Å². The number of unbranched alkanes of at least 4 members (excludes halogenated alkanes) is 4. The fraction of sp³-hybridized carbons (Fsp3) is 0.500. The Morgan fingerprint density at radius 2 is 0.671 bits per heavy atom. The summed E-state index contributed by atoms with van der Waals surface area (Å²) >= 11 is 0. The Morgan fingerprint density at radius 3 is 0.962 bits per heavy atom. The number of hydrogen-bond donors (Lipinski definition) is 0. The number of likely N-dealkylation sites (N-methyl/N-ethyl adjacent to an activating group) is 1. The molecule has 0 radical (unpaired) electrons. The lowest BCUT2D eigenvalue weighted by atomic mass is 10.1. The molecule has 0 aromatic rings. The molecule has 0 aliphatic heterocycles. The van der Waals surface area contributed by atoms with Gasteiger partial charge in [-0.15, -0.1) is 0 Å². The highest BCUT2D eigenvalue weighted by Crippen LogP contribution is 2.10. The van der Waals surface area contributed by atoms with E-state index in [4.69, 9.17) is 18.9 Å². The van der Waals surface area contributed by atoms with Crippen molar-refractivity contribution in [2.24, 2.45) is 0 Å². The lowest BCUT2D eigenvalue weighted by molar-refractivity contribution is -0.870. The molecule has 0 bridgehead atoms. The van der Waals surface area contributed by atoms with Crippen molar-refractivity contribution in [2.75, 3.05) is 47.5 Å². The third-order valence-corrected chi connectivity index (χ3v) is 11.3. The molecule has 2 atom stereocenters. The zero-order chi connectivity index (χ0) is 57.6. The molecule has 9 heteroatoms. The summed E-state index contributed by atoms with van der Waals surface area (Å²) in [6.07, 6.45) is 87.7. The Morgan fingerprint density at radius 1 is 0.380 bits per heavy atom. The van der Waals surface area contributed by atoms with E-state index in [9.17, 15) is 19.5 Å². The van der Waals surface area contributed by atoms with E-state index < -0.39 is 30.3 Å². The van der Waals surface area contributed by atoms with Crippen LogP contribution in [0.3, 0.4) is 0 Å². The summed E-state index contributed by atoms with van der Waals surface area (Å²) in [6.45, 7) is 4.37. The van der Waals surface area contributed by atoms with Gasteiger partial charge >= 0.3 is 11.9 Å². The van der Waals surface area contributed by atoms with Crippen LogP contribution in [0.1, 0.15) is 168 Å². The predicted molar refractivity (Wildman–Crippen MR) is 333 cm³/mol. The summed E-state index contributed by atoms with van der Waals surface area (Å²) in [5, 5.41) is 11.8. The van der Waals surface area contributed by atoms with Crippen molar-refractivity contribution in [1.82, 2.24) is 0 Å². The van der Waals surface area contributed by atoms with Crippen molar-refractivity contribution in [3.8, 4) is 0 Å². The normalized spacial score (nSPS) is 14.2. The molecule has 0 aliphatic carbocycles. The first-order valence-electron chi connectivity index (χ1n) is 29.6. The molecule has 0 saturated carbocycles. The molecular weight excluding hydrogens is 983 g/mol. The van der Waals surface area contributed by atoms with E-state index in [-0.39, 0.29) is 32.7 Å². The molecule has 0 aromatic heterocycles. The average molecular weight is 1090 g/mol. The van der Waals surface area contributed by atoms with Crippen LogP contribution >= 0.6 is 0 Å². The number of carboxylic acid groups (broad SMARTS) is 1. The number of nitrogens with zero attached hydrogens (tertiary/aromatic N) is 1. The maximum atomic E-state index is 12.9. The second-order valence-electron chi connectivity index (χ2n) is 19.8. The predicted octanol–water partition coefficient (Wildman–Crippen LogP) is 16.6. The molecule has 0 saturated heterocycles. The molecule has 0 N–H and O–H groups in total. The van der Waals surface area contributed by atoms with E-state index in [2.05, 4.69) is 208 Å². The largest absolute Gasteiger partial charge is 0.545 e. The first-order chi connectivity index (χ1) is 38.6. The molecular formula is C70H105NO8. The van der Waals surface area contributed by atoms with E-state index in [1.165, 1.54) is 0 Å². The van der Waals surface area contributed by atoms with E-state index in [0.29, 0.717) is 23.9 Å². The summed E-state index contributed by atoms with van der Waals surface area (Å²) in [5.41, 5.74) is 0. The van der Waals surface area contributed by atoms with Gasteiger partial charge in [0.1, 0.15) is 13.2 Å². The van der Waals surface area contributed by atoms with Gasteiger partial charge in [0, 0.05) is 12.8 Å². The minimum atomic E-state index is -1.66. The number of hydrogen-bond acceptors (Lipinski definition) is 8. The van der Waals surface area contributed by atoms with Crippen LogP contribution in [-0.4, -0.2) is 82.3 Å². The van der Waals surface area contributed by atoms with Crippen LogP contribution in [0.25, 0.3) is 0 Å². The minimum absolute atomic E-state index is 0.119. The minimum Gasteiger partial charge on any atom is -0.545 e. The van der Waals surface area contributed by atoms with Gasteiger partial charge in [-0.2, -0.15) is 0 Å². The molecule has 79 heavy (non-hydrogen) atoms. The van der Waals surface area contributed by atoms with Gasteiger partial charge in [-0.3, -0.25) is 9.59 Å². The maximum Gasteiger partial charge on any atom is 0.306 e. The van der Waals surface area contributed by atoms with Crippen molar-refractivity contribution >= 4 is 17.9 Å². The smallest absolute Gasteiger partial charge is 0.306 e. The number of aliphatic carboxylic acids is 1. The summed E-state index contributed by atoms with van der Waals surface area (Å²) in [5.74, 6) is -2.44. The molecule has 0 amide bonds. The number of carbonyl (C=O) groups excluding carboxylic acids is 3. The van der Waals surface area contributed by atoms with Gasteiger partial charge in [-0.05, 0) is 141 Å². The molecule has 0 spiro atoms. The average Bonchev–Trinajstić information content (AvgIpc) is 3.42. The molecule has 438 valence electrons. The summed E-state index contributed by atoms with van der Waals surface area (Å²) in [4.78, 5) is 37.3. The highest BCUT2D eigenvalue weighted by Gasteiger charge is 2.21. The third-order valence-electron chi connectivity index (χ3n) is 11.3. The number of allylic oxidation sites excluding steroid dienone is 32. The number of esters is 2. The third kappa shape index (κ3) is 59.6. The SMILES string of the molecule is CC/C=C\C/C=C\C/C=C\C/C=C\C/C=C\C/C=C\C/C=C\C/C=C\CCCCC(=O)OCC(COC(OCC[N+](C)(C)C)C(=O)[O-])OC(=O)CCCC/C=C\C/C=C\C/C=C\C/C=C\C/C=C\C/C=C\C/C=C\C/C=C\CC. The van der Waals surface area contributed by atoms with Crippen molar-refractivity contribution in [1.29, 1.82) is 0 Å². The first kappa shape index (κ1) is 73.1. The van der Waals surface area contributed by atoms with Crippen molar-refractivity contribution in [3.63, 3.8) is 0 Å². The fourth-order valence-corrected chi connectivity index (χ4v) is 6.86. The van der Waals surface area contributed by atoms with Crippen LogP contribution < -0.4 is 5.11 Å². The van der Waals surface area contributed by atoms with Crippen molar-refractivity contribution in [2.45, 2.75) is 180 Å². The Kier molecular flexibility index (Phi) is 54.0. The zero-order valence-electron chi connectivity index (χ0n) is 49.6. The van der Waals surface area contributed by atoms with Crippen LogP contribution in [0, 0.1) is 0 Å². The Balaban J connectivity index is 4.49. The Hall–Kier alpha value is -5.87. The van der Waals surface area contributed by atoms with Crippen LogP contribution in [0.15, 0.2) is 194 Å². The van der Waals surface area contributed by atoms with E-state index in [0.717, 1.165) is 128 Å². The summed E-state index contributed by atoms with van der Waals surface area (Å²) in [7, 11) is 5.87. The van der Waals surface area contributed by atoms with Gasteiger partial charge in [0.15, 0.2) is 12.4 Å². The van der Waals surface area contributed by atoms with E-state index in [1.54, 1.807) is 0 Å². The number of carbonyl (C=O) groups is 3. The first-order valence-corrected chi connectivity index (χ1v) is 29.6. The fourth-order valence-electron chi connectivity index (χ4n) is 6.86. The van der Waals surface area contributed by atoms with Gasteiger partial charge in [-0.25, -0.2) is 0 Å². The second kappa shape index (κ2) is 58.3. The molecule has 0 rings (SSSR count). The molecule has 0 heterocycles. The van der Waals surface area contributed by atoms with Gasteiger partial charge < -0.3 is 33.3 Å². The number of carboxylic acids is 1. The van der Waals surface area contributed by atoms with Gasteiger partial charge in [-0.1, -0.05) is 208 Å². The van der Waals surface area contributed by atoms with Crippen LogP contribution in [0.4, 0.5) is 0 Å². The van der Waals surface area contributed by atoms with Gasteiger partial charge in [0.25, 0.3) is 0 Å². The molecule has 2 unspecified atom stereocenters. The van der Waals surface area contributed by atoms with Crippen LogP contribution in [-0.2, 0) is 33.3 Å². The van der Waals surface area contributed by atoms with Gasteiger partial charge in [0.2, 0.25) is 0 Å². The number of ether oxygens (including phenoxy) is 4. The van der Waals surface area contributed by atoms with Crippen LogP contribution in [0.2, 0.25) is 0 Å². The lowest BCUT2D eigenvalue weighted by Gasteiger charge is -2.26. The van der Waals surface area contributed by atoms with Gasteiger partial charge in [0.05, 0.1) is 40.3 Å². The summed E-state index contributed by atoms with van der Waals surface area (Å²) in [6, 6.07) is 0. The number of quaternary nitrogens is 1. The summed E-state index contributed by atoms with van der Waals surface area (Å²) < 4.78 is 22.6. The molecule has 0 aromatic carbocycles. The van der Waals surface area contributed by atoms with E-state index in [1.807, 2.05) is 21.1 Å². The topological polar surface area (TPSA) is 111 Å². The van der Waals surface area contributed by atoms with Crippen molar-refractivity contribution in [3.05, 3.63) is 194 Å². The standard InChI is InChI=1S/C70H105NO8/c1-6-8-10-12-14-16-18-20-22-24-26-28-30-32-34-36-38-40-42-44-46-48-50-52-54-56-58-60-67(72)77-64-66(65-78-70(69(74)75)76-63-62-71(3,4)5)79-68(73)61-59-57-55-53-51-49-47-45-43-41-39-37-35-33-31-29-27-25-23-21-19-17-15-13-11-9-7-2/h8-11,14-17,20-23,26-29,32-35,38-41,44-47,50-53,66,70H,6-7,12-13,18-19,24-25,30-31,36-37,42-43,48-49,54-65H2,1-5H3/b10-8-,11-9-,16-14-,17-15-,22-20-,23-21-,28-26-,29-27-,34-32-,35-33-,40-38-,41-39-,46-44-,47-45-,52-50-,53-51-. The van der Waals surface area contributed by atoms with Crippen molar-refractivity contribution < 1.29 is 42.9 Å². The van der Waals surface area contributed by atoms with Crippen LogP contribution in [0.5, 0.6) is 0 Å². The molecule has 9 nitrogen and oxygen atoms in total. The highest BCUT2D eigenvalue weighted by molar-refractivity contribution is 5.70. The zero-order valence-corrected chi connectivity index (χ0v) is 49.6. The second-order valence-corrected chi connectivity index (χ2v) is 19.8. The number of rotatable bonds is 51. The lowest BCUT2D eigenvalue weighted by Crippen LogP contribution is -2.44. The monoisotopic (exact) mass is 1090 g/mol. The highest BCUT2D eigenvalue weighted by atomic mass is 16.7. The molecule has 0 aliphatic rings. The van der Waals surface area contributed by atoms with E-state index >= 15 is 0 Å². The molecule has 0 fully saturated rings.